The van der Waals surface area contributed by atoms with Crippen LogP contribution in [0.1, 0.15) is 13.8 Å². The summed E-state index contributed by atoms with van der Waals surface area (Å²) in [5, 5.41) is 3.36. The molecule has 2 unspecified atom stereocenters. The molecule has 1 aromatic rings. The fraction of sp³-hybridized carbons (Fsp3) is 0.545. The molecule has 0 spiro atoms. The molecule has 1 aromatic heterocycles. The lowest BCUT2D eigenvalue weighted by Crippen LogP contribution is -2.24. The Balaban J connectivity index is 2.63. The zero-order valence-electron chi connectivity index (χ0n) is 9.33. The van der Waals surface area contributed by atoms with Gasteiger partial charge in [0, 0.05) is 29.9 Å². The van der Waals surface area contributed by atoms with Gasteiger partial charge in [0.25, 0.3) is 0 Å². The maximum atomic E-state index is 5.79. The van der Waals surface area contributed by atoms with E-state index in [0.717, 1.165) is 5.69 Å². The van der Waals surface area contributed by atoms with Crippen molar-refractivity contribution in [3.8, 4) is 5.88 Å². The number of hydrogen-bond acceptors (Lipinski definition) is 3. The smallest absolute Gasteiger partial charge is 0.214 e. The molecule has 0 bridgehead atoms. The van der Waals surface area contributed by atoms with E-state index < -0.39 is 0 Å². The number of alkyl halides is 1. The number of aromatic nitrogens is 1. The zero-order chi connectivity index (χ0) is 11.3. The maximum absolute atomic E-state index is 5.79. The normalized spacial score (nSPS) is 14.4. The summed E-state index contributed by atoms with van der Waals surface area (Å²) >= 11 is 5.79. The van der Waals surface area contributed by atoms with Crippen LogP contribution in [0.2, 0.25) is 0 Å². The predicted molar refractivity (Wildman–Crippen MR) is 63.8 cm³/mol. The van der Waals surface area contributed by atoms with E-state index in [2.05, 4.69) is 24.1 Å². The standard InChI is InChI=1S/C11H17ClN2O/c1-8(7-12)9(2)14-10-4-5-13-11(6-10)15-3/h4-6,8-9H,7H2,1-3H3,(H,13,14). The molecule has 4 heteroatoms. The second kappa shape index (κ2) is 5.81. The molecule has 1 N–H and O–H groups in total. The Labute approximate surface area is 95.8 Å². The Bertz CT molecular complexity index is 306. The molecule has 0 aliphatic heterocycles. The number of anilines is 1. The van der Waals surface area contributed by atoms with Gasteiger partial charge in [0.15, 0.2) is 0 Å². The molecule has 0 aliphatic carbocycles. The van der Waals surface area contributed by atoms with Crippen molar-refractivity contribution in [1.82, 2.24) is 4.98 Å². The molecule has 1 heterocycles. The van der Waals surface area contributed by atoms with Gasteiger partial charge in [0.05, 0.1) is 7.11 Å². The lowest BCUT2D eigenvalue weighted by Gasteiger charge is -2.20. The van der Waals surface area contributed by atoms with E-state index in [1.165, 1.54) is 0 Å². The number of nitrogens with one attached hydrogen (secondary N) is 1. The van der Waals surface area contributed by atoms with Gasteiger partial charge in [-0.25, -0.2) is 4.98 Å². The van der Waals surface area contributed by atoms with E-state index in [4.69, 9.17) is 16.3 Å². The average Bonchev–Trinajstić information content (AvgIpc) is 2.28. The third kappa shape index (κ3) is 3.59. The summed E-state index contributed by atoms with van der Waals surface area (Å²) in [4.78, 5) is 4.04. The first-order valence-electron chi connectivity index (χ1n) is 5.00. The average molecular weight is 229 g/mol. The Morgan fingerprint density at radius 2 is 2.27 bits per heavy atom. The van der Waals surface area contributed by atoms with E-state index in [9.17, 15) is 0 Å². The van der Waals surface area contributed by atoms with Crippen LogP contribution in [0.3, 0.4) is 0 Å². The van der Waals surface area contributed by atoms with Gasteiger partial charge in [-0.1, -0.05) is 6.92 Å². The van der Waals surface area contributed by atoms with Gasteiger partial charge < -0.3 is 10.1 Å². The minimum Gasteiger partial charge on any atom is -0.481 e. The van der Waals surface area contributed by atoms with Crippen molar-refractivity contribution in [2.45, 2.75) is 19.9 Å². The van der Waals surface area contributed by atoms with Crippen LogP contribution < -0.4 is 10.1 Å². The van der Waals surface area contributed by atoms with E-state index >= 15 is 0 Å². The number of hydrogen-bond donors (Lipinski definition) is 1. The number of nitrogens with zero attached hydrogens (tertiary/aromatic N) is 1. The van der Waals surface area contributed by atoms with Crippen LogP contribution in [0.25, 0.3) is 0 Å². The van der Waals surface area contributed by atoms with Crippen molar-refractivity contribution < 1.29 is 4.74 Å². The second-order valence-electron chi connectivity index (χ2n) is 3.65. The monoisotopic (exact) mass is 228 g/mol. The molecular formula is C11H17ClN2O. The van der Waals surface area contributed by atoms with Crippen LogP contribution in [0.15, 0.2) is 18.3 Å². The lowest BCUT2D eigenvalue weighted by atomic mass is 10.1. The molecule has 15 heavy (non-hydrogen) atoms. The zero-order valence-corrected chi connectivity index (χ0v) is 10.1. The molecule has 2 atom stereocenters. The summed E-state index contributed by atoms with van der Waals surface area (Å²) in [6, 6.07) is 4.12. The third-order valence-electron chi connectivity index (χ3n) is 2.44. The van der Waals surface area contributed by atoms with Crippen LogP contribution in [0.5, 0.6) is 5.88 Å². The Kier molecular flexibility index (Phi) is 4.69. The second-order valence-corrected chi connectivity index (χ2v) is 3.96. The molecule has 0 aliphatic rings. The molecule has 0 saturated carbocycles. The third-order valence-corrected chi connectivity index (χ3v) is 2.92. The van der Waals surface area contributed by atoms with Crippen LogP contribution >= 0.6 is 11.6 Å². The number of halogens is 1. The summed E-state index contributed by atoms with van der Waals surface area (Å²) in [5.41, 5.74) is 1.01. The first-order valence-corrected chi connectivity index (χ1v) is 5.53. The molecule has 0 aromatic carbocycles. The molecule has 0 amide bonds. The summed E-state index contributed by atoms with van der Waals surface area (Å²) < 4.78 is 5.05. The number of pyridine rings is 1. The Morgan fingerprint density at radius 3 is 2.87 bits per heavy atom. The first-order chi connectivity index (χ1) is 7.17. The van der Waals surface area contributed by atoms with Crippen molar-refractivity contribution in [2.24, 2.45) is 5.92 Å². The highest BCUT2D eigenvalue weighted by Crippen LogP contribution is 2.17. The topological polar surface area (TPSA) is 34.1 Å². The predicted octanol–water partition coefficient (Wildman–Crippen LogP) is 2.77. The van der Waals surface area contributed by atoms with Crippen molar-refractivity contribution in [3.05, 3.63) is 18.3 Å². The van der Waals surface area contributed by atoms with E-state index in [0.29, 0.717) is 23.7 Å². The van der Waals surface area contributed by atoms with E-state index in [-0.39, 0.29) is 0 Å². The first kappa shape index (κ1) is 12.1. The molecule has 3 nitrogen and oxygen atoms in total. The highest BCUT2D eigenvalue weighted by atomic mass is 35.5. The van der Waals surface area contributed by atoms with Crippen LogP contribution in [-0.4, -0.2) is 24.0 Å². The van der Waals surface area contributed by atoms with Gasteiger partial charge in [-0.3, -0.25) is 0 Å². The molecule has 1 rings (SSSR count). The van der Waals surface area contributed by atoms with Gasteiger partial charge in [0.2, 0.25) is 5.88 Å². The van der Waals surface area contributed by atoms with Crippen molar-refractivity contribution in [3.63, 3.8) is 0 Å². The molecule has 84 valence electrons. The number of rotatable bonds is 5. The van der Waals surface area contributed by atoms with Crippen LogP contribution in [0, 0.1) is 5.92 Å². The van der Waals surface area contributed by atoms with Gasteiger partial charge in [0.1, 0.15) is 0 Å². The Hall–Kier alpha value is -0.960. The summed E-state index contributed by atoms with van der Waals surface area (Å²) in [6.45, 7) is 4.23. The quantitative estimate of drug-likeness (QED) is 0.787. The SMILES string of the molecule is COc1cc(NC(C)C(C)CCl)ccn1. The van der Waals surface area contributed by atoms with Crippen molar-refractivity contribution >= 4 is 17.3 Å². The van der Waals surface area contributed by atoms with Crippen molar-refractivity contribution in [2.75, 3.05) is 18.3 Å². The summed E-state index contributed by atoms with van der Waals surface area (Å²) in [5.74, 6) is 1.69. The maximum Gasteiger partial charge on any atom is 0.214 e. The highest BCUT2D eigenvalue weighted by Gasteiger charge is 2.10. The van der Waals surface area contributed by atoms with Gasteiger partial charge >= 0.3 is 0 Å². The highest BCUT2D eigenvalue weighted by molar-refractivity contribution is 6.18. The van der Waals surface area contributed by atoms with Gasteiger partial charge in [-0.2, -0.15) is 0 Å². The number of methoxy groups -OCH3 is 1. The molecular weight excluding hydrogens is 212 g/mol. The van der Waals surface area contributed by atoms with Crippen LogP contribution in [-0.2, 0) is 0 Å². The largest absolute Gasteiger partial charge is 0.481 e. The molecule has 0 fully saturated rings. The fourth-order valence-corrected chi connectivity index (χ4v) is 1.42. The van der Waals surface area contributed by atoms with Crippen molar-refractivity contribution in [1.29, 1.82) is 0 Å². The molecule has 0 saturated heterocycles. The summed E-state index contributed by atoms with van der Waals surface area (Å²) in [7, 11) is 1.61. The van der Waals surface area contributed by atoms with Gasteiger partial charge in [-0.05, 0) is 18.9 Å². The minimum atomic E-state index is 0.328. The minimum absolute atomic E-state index is 0.328. The lowest BCUT2D eigenvalue weighted by molar-refractivity contribution is 0.398. The summed E-state index contributed by atoms with van der Waals surface area (Å²) in [6.07, 6.45) is 1.72. The van der Waals surface area contributed by atoms with E-state index in [1.807, 2.05) is 12.1 Å². The Morgan fingerprint density at radius 1 is 1.53 bits per heavy atom. The van der Waals surface area contributed by atoms with Crippen LogP contribution in [0.4, 0.5) is 5.69 Å². The fourth-order valence-electron chi connectivity index (χ4n) is 1.15. The van der Waals surface area contributed by atoms with E-state index in [1.54, 1.807) is 13.3 Å². The van der Waals surface area contributed by atoms with Gasteiger partial charge in [-0.15, -0.1) is 11.6 Å². The number of ether oxygens (including phenoxy) is 1. The molecule has 0 radical (unpaired) electrons.